The fraction of sp³-hybridized carbons (Fsp3) is 0.120. The minimum atomic E-state index is -3.70. The van der Waals surface area contributed by atoms with E-state index in [0.717, 1.165) is 33.2 Å². The van der Waals surface area contributed by atoms with E-state index in [-0.39, 0.29) is 4.90 Å². The van der Waals surface area contributed by atoms with E-state index >= 15 is 0 Å². The van der Waals surface area contributed by atoms with E-state index in [9.17, 15) is 8.42 Å². The van der Waals surface area contributed by atoms with E-state index in [4.69, 9.17) is 4.74 Å². The monoisotopic (exact) mass is 417 g/mol. The van der Waals surface area contributed by atoms with Gasteiger partial charge in [-0.3, -0.25) is 0 Å². The normalized spacial score (nSPS) is 12.6. The van der Waals surface area contributed by atoms with Gasteiger partial charge in [0.1, 0.15) is 5.75 Å². The minimum absolute atomic E-state index is 0.243. The van der Waals surface area contributed by atoms with Gasteiger partial charge in [0.2, 0.25) is 10.0 Å². The molecule has 0 amide bonds. The summed E-state index contributed by atoms with van der Waals surface area (Å²) in [6, 6.07) is 27.7. The van der Waals surface area contributed by atoms with Gasteiger partial charge < -0.3 is 4.74 Å². The number of methoxy groups -OCH3 is 1. The van der Waals surface area contributed by atoms with Crippen molar-refractivity contribution in [2.75, 3.05) is 7.11 Å². The number of hydrogen-bond acceptors (Lipinski definition) is 3. The molecule has 0 aliphatic heterocycles. The molecule has 0 heterocycles. The Labute approximate surface area is 177 Å². The standard InChI is InChI=1S/C25H23NO3S/c1-18-8-10-19(11-9-18)25(26-30(27,28)24-6-4-3-5-7-24)22-13-12-21-17-23(29-2)15-14-20(21)16-22/h3-17,25-26H,1-2H3. The fourth-order valence-corrected chi connectivity index (χ4v) is 4.69. The lowest BCUT2D eigenvalue weighted by Crippen LogP contribution is -2.29. The molecule has 4 nitrogen and oxygen atoms in total. The first-order valence-electron chi connectivity index (χ1n) is 9.68. The van der Waals surface area contributed by atoms with Gasteiger partial charge in [0, 0.05) is 0 Å². The molecule has 5 heteroatoms. The number of nitrogens with one attached hydrogen (secondary N) is 1. The van der Waals surface area contributed by atoms with Crippen LogP contribution in [0.5, 0.6) is 5.75 Å². The second kappa shape index (κ2) is 8.30. The van der Waals surface area contributed by atoms with Crippen LogP contribution in [0.4, 0.5) is 0 Å². The smallest absolute Gasteiger partial charge is 0.241 e. The van der Waals surface area contributed by atoms with Gasteiger partial charge in [-0.1, -0.05) is 66.2 Å². The number of fused-ring (bicyclic) bond motifs is 1. The third-order valence-electron chi connectivity index (χ3n) is 5.14. The topological polar surface area (TPSA) is 55.4 Å². The summed E-state index contributed by atoms with van der Waals surface area (Å²) in [4.78, 5) is 0.243. The fourth-order valence-electron chi connectivity index (χ4n) is 3.46. The average Bonchev–Trinajstić information content (AvgIpc) is 2.78. The molecule has 0 saturated carbocycles. The van der Waals surface area contributed by atoms with Crippen LogP contribution in [0.25, 0.3) is 10.8 Å². The molecule has 0 bridgehead atoms. The zero-order valence-electron chi connectivity index (χ0n) is 16.9. The molecule has 1 N–H and O–H groups in total. The summed E-state index contributed by atoms with van der Waals surface area (Å²) < 4.78 is 34.4. The zero-order valence-corrected chi connectivity index (χ0v) is 17.7. The highest BCUT2D eigenvalue weighted by molar-refractivity contribution is 7.89. The summed E-state index contributed by atoms with van der Waals surface area (Å²) in [6.45, 7) is 2.01. The Hall–Kier alpha value is -3.15. The molecule has 0 spiro atoms. The summed E-state index contributed by atoms with van der Waals surface area (Å²) in [6.07, 6.45) is 0. The lowest BCUT2D eigenvalue weighted by Gasteiger charge is -2.21. The van der Waals surface area contributed by atoms with Crippen molar-refractivity contribution < 1.29 is 13.2 Å². The molecule has 152 valence electrons. The van der Waals surface area contributed by atoms with Gasteiger partial charge in [-0.05, 0) is 59.2 Å². The number of hydrogen-bond donors (Lipinski definition) is 1. The largest absolute Gasteiger partial charge is 0.497 e. The lowest BCUT2D eigenvalue weighted by atomic mass is 9.96. The predicted octanol–water partition coefficient (Wildman–Crippen LogP) is 5.22. The van der Waals surface area contributed by atoms with Crippen molar-refractivity contribution in [3.05, 3.63) is 108 Å². The molecule has 0 radical (unpaired) electrons. The quantitative estimate of drug-likeness (QED) is 0.468. The molecule has 4 aromatic rings. The maximum Gasteiger partial charge on any atom is 0.241 e. The van der Waals surface area contributed by atoms with E-state index in [0.29, 0.717) is 0 Å². The Bertz CT molecular complexity index is 1270. The highest BCUT2D eigenvalue weighted by Gasteiger charge is 2.23. The molecule has 30 heavy (non-hydrogen) atoms. The first-order valence-corrected chi connectivity index (χ1v) is 11.2. The van der Waals surface area contributed by atoms with Gasteiger partial charge >= 0.3 is 0 Å². The van der Waals surface area contributed by atoms with Gasteiger partial charge in [0.25, 0.3) is 0 Å². The van der Waals surface area contributed by atoms with Crippen molar-refractivity contribution in [1.82, 2.24) is 4.72 Å². The second-order valence-electron chi connectivity index (χ2n) is 7.25. The number of benzene rings is 4. The molecule has 0 aliphatic carbocycles. The summed E-state index contributed by atoms with van der Waals surface area (Å²) in [5.74, 6) is 0.787. The SMILES string of the molecule is COc1ccc2cc(C(NS(=O)(=O)c3ccccc3)c3ccc(C)cc3)ccc2c1. The Morgan fingerprint density at radius 2 is 1.40 bits per heavy atom. The van der Waals surface area contributed by atoms with Gasteiger partial charge in [-0.25, -0.2) is 8.42 Å². The van der Waals surface area contributed by atoms with Crippen molar-refractivity contribution in [2.45, 2.75) is 17.9 Å². The summed E-state index contributed by atoms with van der Waals surface area (Å²) >= 11 is 0. The van der Waals surface area contributed by atoms with Crippen LogP contribution in [0, 0.1) is 6.92 Å². The van der Waals surface area contributed by atoms with E-state index < -0.39 is 16.1 Å². The molecular weight excluding hydrogens is 394 g/mol. The predicted molar refractivity (Wildman–Crippen MR) is 120 cm³/mol. The molecule has 4 aromatic carbocycles. The zero-order chi connectivity index (χ0) is 21.1. The Kier molecular flexibility index (Phi) is 5.57. The minimum Gasteiger partial charge on any atom is -0.497 e. The van der Waals surface area contributed by atoms with Crippen molar-refractivity contribution in [3.8, 4) is 5.75 Å². The van der Waals surface area contributed by atoms with Crippen LogP contribution < -0.4 is 9.46 Å². The number of aryl methyl sites for hydroxylation is 1. The summed E-state index contributed by atoms with van der Waals surface area (Å²) in [5.41, 5.74) is 2.87. The van der Waals surface area contributed by atoms with Crippen LogP contribution in [-0.2, 0) is 10.0 Å². The summed E-state index contributed by atoms with van der Waals surface area (Å²) in [7, 11) is -2.06. The Morgan fingerprint density at radius 3 is 2.10 bits per heavy atom. The highest BCUT2D eigenvalue weighted by atomic mass is 32.2. The molecule has 0 saturated heterocycles. The Balaban J connectivity index is 1.79. The van der Waals surface area contributed by atoms with Gasteiger partial charge in [0.15, 0.2) is 0 Å². The molecule has 1 unspecified atom stereocenters. The average molecular weight is 418 g/mol. The van der Waals surface area contributed by atoms with Crippen LogP contribution >= 0.6 is 0 Å². The highest BCUT2D eigenvalue weighted by Crippen LogP contribution is 2.29. The summed E-state index contributed by atoms with van der Waals surface area (Å²) in [5, 5.41) is 2.05. The van der Waals surface area contributed by atoms with E-state index in [1.54, 1.807) is 37.4 Å². The molecule has 0 aliphatic rings. The van der Waals surface area contributed by atoms with E-state index in [1.807, 2.05) is 67.6 Å². The molecule has 0 fully saturated rings. The first-order chi connectivity index (χ1) is 14.5. The van der Waals surface area contributed by atoms with Gasteiger partial charge in [-0.15, -0.1) is 0 Å². The van der Waals surface area contributed by atoms with Crippen LogP contribution in [0.15, 0.2) is 95.9 Å². The number of sulfonamides is 1. The molecular formula is C25H23NO3S. The van der Waals surface area contributed by atoms with Crippen LogP contribution in [-0.4, -0.2) is 15.5 Å². The van der Waals surface area contributed by atoms with Crippen LogP contribution in [0.2, 0.25) is 0 Å². The Morgan fingerprint density at radius 1 is 0.767 bits per heavy atom. The van der Waals surface area contributed by atoms with Crippen molar-refractivity contribution in [2.24, 2.45) is 0 Å². The number of rotatable bonds is 6. The third kappa shape index (κ3) is 4.22. The van der Waals surface area contributed by atoms with Crippen LogP contribution in [0.3, 0.4) is 0 Å². The number of ether oxygens (including phenoxy) is 1. The molecule has 0 aromatic heterocycles. The van der Waals surface area contributed by atoms with Crippen molar-refractivity contribution >= 4 is 20.8 Å². The first kappa shape index (κ1) is 20.1. The van der Waals surface area contributed by atoms with Crippen LogP contribution in [0.1, 0.15) is 22.7 Å². The van der Waals surface area contributed by atoms with E-state index in [2.05, 4.69) is 4.72 Å². The van der Waals surface area contributed by atoms with Gasteiger partial charge in [-0.2, -0.15) is 4.72 Å². The maximum absolute atomic E-state index is 13.1. The van der Waals surface area contributed by atoms with E-state index in [1.165, 1.54) is 0 Å². The molecule has 1 atom stereocenters. The van der Waals surface area contributed by atoms with Crippen molar-refractivity contribution in [3.63, 3.8) is 0 Å². The second-order valence-corrected chi connectivity index (χ2v) is 8.96. The van der Waals surface area contributed by atoms with Gasteiger partial charge in [0.05, 0.1) is 18.0 Å². The molecule has 4 rings (SSSR count). The maximum atomic E-state index is 13.1. The third-order valence-corrected chi connectivity index (χ3v) is 6.58. The lowest BCUT2D eigenvalue weighted by molar-refractivity contribution is 0.415. The van der Waals surface area contributed by atoms with Crippen molar-refractivity contribution in [1.29, 1.82) is 0 Å².